The van der Waals surface area contributed by atoms with Crippen LogP contribution < -0.4 is 0 Å². The third-order valence-corrected chi connectivity index (χ3v) is 11.7. The van der Waals surface area contributed by atoms with Gasteiger partial charge in [-0.2, -0.15) is 0 Å². The molecule has 0 aliphatic carbocycles. The molecule has 0 N–H and O–H groups in total. The van der Waals surface area contributed by atoms with Gasteiger partial charge in [-0.3, -0.25) is 20.2 Å². The van der Waals surface area contributed by atoms with Gasteiger partial charge in [0.1, 0.15) is 0 Å². The van der Waals surface area contributed by atoms with Crippen LogP contribution in [0.2, 0.25) is 0 Å². The van der Waals surface area contributed by atoms with Crippen LogP contribution in [0.4, 0.5) is 11.4 Å². The summed E-state index contributed by atoms with van der Waals surface area (Å²) in [5, 5.41) is 26.7. The van der Waals surface area contributed by atoms with E-state index in [0.29, 0.717) is 22.3 Å². The van der Waals surface area contributed by atoms with Crippen molar-refractivity contribution in [3.63, 3.8) is 0 Å². The third-order valence-electron chi connectivity index (χ3n) is 11.7. The number of ether oxygens (including phenoxy) is 4. The average molecular weight is 969 g/mol. The third kappa shape index (κ3) is 9.15. The van der Waals surface area contributed by atoms with Gasteiger partial charge in [-0.1, -0.05) is 72.8 Å². The minimum atomic E-state index is -2.45. The van der Waals surface area contributed by atoms with Crippen LogP contribution in [-0.4, -0.2) is 83.0 Å². The molecule has 2 aliphatic heterocycles. The van der Waals surface area contributed by atoms with Gasteiger partial charge in [-0.05, 0) is 88.4 Å². The highest BCUT2D eigenvalue weighted by molar-refractivity contribution is 6.56. The smallest absolute Gasteiger partial charge is 0.338 e. The van der Waals surface area contributed by atoms with Gasteiger partial charge in [0.2, 0.25) is 11.3 Å². The Morgan fingerprint density at radius 3 is 0.819 bits per heavy atom. The van der Waals surface area contributed by atoms with Crippen LogP contribution in [0.25, 0.3) is 0 Å². The molecule has 72 heavy (non-hydrogen) atoms. The molecule has 0 saturated heterocycles. The number of nitrogens with zero attached hydrogens (tertiary/aromatic N) is 6. The van der Waals surface area contributed by atoms with E-state index in [9.17, 15) is 39.4 Å². The van der Waals surface area contributed by atoms with Crippen LogP contribution in [0.3, 0.4) is 0 Å². The minimum absolute atomic E-state index is 0.100. The lowest BCUT2D eigenvalue weighted by molar-refractivity contribution is -0.387. The van der Waals surface area contributed by atoms with Crippen LogP contribution in [0.1, 0.15) is 103 Å². The van der Waals surface area contributed by atoms with Gasteiger partial charge < -0.3 is 18.9 Å². The lowest BCUT2D eigenvalue weighted by Crippen LogP contribution is -2.44. The molecule has 0 aromatic heterocycles. The molecule has 0 fully saturated rings. The van der Waals surface area contributed by atoms with E-state index >= 15 is 0 Å². The summed E-state index contributed by atoms with van der Waals surface area (Å²) in [5.41, 5.74) is -3.58. The normalized spacial score (nSPS) is 14.2. The summed E-state index contributed by atoms with van der Waals surface area (Å²) in [6, 6.07) is 36.2. The molecule has 362 valence electrons. The molecule has 8 rings (SSSR count). The first-order valence-corrected chi connectivity index (χ1v) is 22.8. The molecule has 0 saturated carbocycles. The van der Waals surface area contributed by atoms with Crippen LogP contribution in [0.5, 0.6) is 0 Å². The number of rotatable bonds is 17. The first-order chi connectivity index (χ1) is 34.8. The first-order valence-electron chi connectivity index (χ1n) is 22.8. The zero-order valence-corrected chi connectivity index (χ0v) is 39.3. The summed E-state index contributed by atoms with van der Waals surface area (Å²) in [7, 11) is 0. The molecule has 6 aromatic rings. The fourth-order valence-electron chi connectivity index (χ4n) is 8.41. The second-order valence-electron chi connectivity index (χ2n) is 15.9. The number of esters is 4. The Labute approximate surface area is 411 Å². The lowest BCUT2D eigenvalue weighted by Gasteiger charge is -2.37. The molecular weight excluding hydrogens is 925 g/mol. The fraction of sp³-hybridized carbons (Fsp3) is 0.185. The van der Waals surface area contributed by atoms with Crippen molar-refractivity contribution < 1.29 is 48.0 Å². The maximum absolute atomic E-state index is 13.4. The van der Waals surface area contributed by atoms with Crippen molar-refractivity contribution in [1.29, 1.82) is 0 Å². The van der Waals surface area contributed by atoms with E-state index in [-0.39, 0.29) is 82.7 Å². The molecule has 18 heteroatoms. The molecule has 2 heterocycles. The van der Waals surface area contributed by atoms with E-state index in [2.05, 4.69) is 0 Å². The molecule has 0 amide bonds. The van der Waals surface area contributed by atoms with Gasteiger partial charge in [-0.25, -0.2) is 39.1 Å². The number of nitro benzene ring substituents is 2. The number of benzene rings is 6. The molecule has 0 bridgehead atoms. The van der Waals surface area contributed by atoms with E-state index in [0.717, 1.165) is 0 Å². The zero-order chi connectivity index (χ0) is 51.2. The second kappa shape index (κ2) is 20.7. The van der Waals surface area contributed by atoms with Crippen molar-refractivity contribution in [2.24, 2.45) is 20.0 Å². The standard InChI is InChI=1S/C54H44N6O12/c1-5-69-49(61)37-25-17-33(18-26-37)45-46(34-19-27-38(28-20-34)50(62)70-6-2)56-53(55-45,41-13-9-11-15-43(41)59(65)66)54(42-14-10-12-16-44(42)60(67)68)57-47(35-21-29-39(30-22-35)51(63)71-7-3)48(58-54)36-23-31-40(32-24-36)52(64)72-8-4/h9-32H,5-8H2,1-4H3. The summed E-state index contributed by atoms with van der Waals surface area (Å²) in [6.07, 6.45) is 0. The Bertz CT molecular complexity index is 2880. The SMILES string of the molecule is CCOC(=O)c1ccc(C2=NC(c3ccccc3[N+](=O)[O-])(C3(c4ccccc4[N+](=O)[O-])N=C(c4ccc(C(=O)OCC)cc4)C(c4ccc(C(=O)OCC)cc4)=N3)N=C2c2ccc(C(=O)OCC)cc2)cc1. The maximum Gasteiger partial charge on any atom is 0.338 e. The molecule has 0 atom stereocenters. The Balaban J connectivity index is 1.53. The Morgan fingerprint density at radius 2 is 0.611 bits per heavy atom. The van der Waals surface area contributed by atoms with E-state index in [4.69, 9.17) is 38.9 Å². The van der Waals surface area contributed by atoms with E-state index in [1.165, 1.54) is 97.1 Å². The van der Waals surface area contributed by atoms with Gasteiger partial charge in [0.25, 0.3) is 11.4 Å². The molecule has 6 aromatic carbocycles. The molecule has 0 radical (unpaired) electrons. The van der Waals surface area contributed by atoms with Crippen molar-refractivity contribution in [2.75, 3.05) is 26.4 Å². The highest BCUT2D eigenvalue weighted by Gasteiger charge is 2.64. The summed E-state index contributed by atoms with van der Waals surface area (Å²) >= 11 is 0. The van der Waals surface area contributed by atoms with Crippen LogP contribution in [0, 0.1) is 20.2 Å². The van der Waals surface area contributed by atoms with E-state index in [1.807, 2.05) is 0 Å². The second-order valence-corrected chi connectivity index (χ2v) is 15.9. The summed E-state index contributed by atoms with van der Waals surface area (Å²) in [5.74, 6) is -2.37. The average Bonchev–Trinajstić information content (AvgIpc) is 4.02. The number of hydrogen-bond acceptors (Lipinski definition) is 16. The molecule has 0 unspecified atom stereocenters. The van der Waals surface area contributed by atoms with Gasteiger partial charge in [0, 0.05) is 34.4 Å². The number of carbonyl (C=O) groups is 4. The first kappa shape index (κ1) is 49.1. The topological polar surface area (TPSA) is 241 Å². The fourth-order valence-corrected chi connectivity index (χ4v) is 8.41. The predicted octanol–water partition coefficient (Wildman–Crippen LogP) is 9.20. The van der Waals surface area contributed by atoms with Crippen molar-refractivity contribution in [1.82, 2.24) is 0 Å². The summed E-state index contributed by atoms with van der Waals surface area (Å²) in [4.78, 5) is 98.7. The number of hydrogen-bond donors (Lipinski definition) is 0. The number of carbonyl (C=O) groups excluding carboxylic acids is 4. The van der Waals surface area contributed by atoms with Gasteiger partial charge >= 0.3 is 23.9 Å². The highest BCUT2D eigenvalue weighted by Crippen LogP contribution is 2.57. The predicted molar refractivity (Wildman–Crippen MR) is 265 cm³/mol. The molecule has 18 nitrogen and oxygen atoms in total. The molecule has 2 aliphatic rings. The summed E-state index contributed by atoms with van der Waals surface area (Å²) in [6.45, 7) is 7.17. The molecule has 0 spiro atoms. The summed E-state index contributed by atoms with van der Waals surface area (Å²) < 4.78 is 21.0. The van der Waals surface area contributed by atoms with E-state index < -0.39 is 56.4 Å². The quantitative estimate of drug-likeness (QED) is 0.0360. The maximum atomic E-state index is 13.4. The monoisotopic (exact) mass is 968 g/mol. The Morgan fingerprint density at radius 1 is 0.389 bits per heavy atom. The van der Waals surface area contributed by atoms with Crippen LogP contribution in [-0.2, 0) is 30.3 Å². The van der Waals surface area contributed by atoms with Crippen molar-refractivity contribution in [3.05, 3.63) is 221 Å². The number of para-hydroxylation sites is 2. The van der Waals surface area contributed by atoms with Crippen LogP contribution >= 0.6 is 0 Å². The van der Waals surface area contributed by atoms with E-state index in [1.54, 1.807) is 76.2 Å². The number of nitro groups is 2. The van der Waals surface area contributed by atoms with Gasteiger partial charge in [-0.15, -0.1) is 0 Å². The van der Waals surface area contributed by atoms with Crippen LogP contribution in [0.15, 0.2) is 166 Å². The Kier molecular flexibility index (Phi) is 14.1. The number of aliphatic imine (C=N–C) groups is 4. The Hall–Kier alpha value is -9.32. The van der Waals surface area contributed by atoms with Crippen molar-refractivity contribution in [2.45, 2.75) is 39.0 Å². The van der Waals surface area contributed by atoms with Gasteiger partial charge in [0.05, 0.1) is 92.5 Å². The highest BCUT2D eigenvalue weighted by atomic mass is 16.6. The lowest BCUT2D eigenvalue weighted by atomic mass is 9.80. The molecular formula is C54H44N6O12. The van der Waals surface area contributed by atoms with Gasteiger partial charge in [0.15, 0.2) is 0 Å². The largest absolute Gasteiger partial charge is 0.462 e. The van der Waals surface area contributed by atoms with Crippen molar-refractivity contribution in [3.8, 4) is 0 Å². The zero-order valence-electron chi connectivity index (χ0n) is 39.3. The van der Waals surface area contributed by atoms with Crippen molar-refractivity contribution >= 4 is 58.1 Å². The minimum Gasteiger partial charge on any atom is -0.462 e.